The van der Waals surface area contributed by atoms with E-state index in [4.69, 9.17) is 11.6 Å². The number of hydrogen-bond acceptors (Lipinski definition) is 2. The minimum Gasteiger partial charge on any atom is -0.387 e. The van der Waals surface area contributed by atoms with Gasteiger partial charge in [0.1, 0.15) is 0 Å². The predicted octanol–water partition coefficient (Wildman–Crippen LogP) is 3.96. The van der Waals surface area contributed by atoms with Gasteiger partial charge in [-0.1, -0.05) is 17.7 Å². The molecule has 1 unspecified atom stereocenters. The van der Waals surface area contributed by atoms with Crippen molar-refractivity contribution in [2.45, 2.75) is 12.5 Å². The third kappa shape index (κ3) is 2.83. The summed E-state index contributed by atoms with van der Waals surface area (Å²) in [5.41, 5.74) is 0.529. The average Bonchev–Trinajstić information content (AvgIpc) is 2.70. The van der Waals surface area contributed by atoms with Crippen LogP contribution < -0.4 is 0 Å². The molecular weight excluding hydrogens is 266 g/mol. The lowest BCUT2D eigenvalue weighted by atomic mass is 10.1. The molecule has 1 aromatic carbocycles. The van der Waals surface area contributed by atoms with Gasteiger partial charge in [-0.05, 0) is 29.1 Å². The molecule has 1 aromatic heterocycles. The predicted molar refractivity (Wildman–Crippen MR) is 64.4 cm³/mol. The van der Waals surface area contributed by atoms with E-state index in [0.717, 1.165) is 12.1 Å². The van der Waals surface area contributed by atoms with Crippen molar-refractivity contribution in [3.05, 3.63) is 56.7 Å². The number of hydrogen-bond donors (Lipinski definition) is 1. The van der Waals surface area contributed by atoms with E-state index in [2.05, 4.69) is 0 Å². The summed E-state index contributed by atoms with van der Waals surface area (Å²) in [6, 6.07) is 5.27. The zero-order valence-electron chi connectivity index (χ0n) is 8.66. The summed E-state index contributed by atoms with van der Waals surface area (Å²) in [4.78, 5) is 0.636. The first kappa shape index (κ1) is 12.5. The Bertz CT molecular complexity index is 527. The van der Waals surface area contributed by atoms with Crippen LogP contribution in [-0.4, -0.2) is 5.11 Å². The highest BCUT2D eigenvalue weighted by Crippen LogP contribution is 2.30. The Morgan fingerprint density at radius 2 is 2.00 bits per heavy atom. The van der Waals surface area contributed by atoms with Crippen molar-refractivity contribution in [1.29, 1.82) is 0 Å². The van der Waals surface area contributed by atoms with Crippen molar-refractivity contribution in [2.75, 3.05) is 0 Å². The lowest BCUT2D eigenvalue weighted by Gasteiger charge is -2.09. The minimum atomic E-state index is -0.910. The van der Waals surface area contributed by atoms with E-state index >= 15 is 0 Å². The Balaban J connectivity index is 2.16. The first-order valence-electron chi connectivity index (χ1n) is 4.93. The molecule has 0 aliphatic rings. The Morgan fingerprint density at radius 3 is 2.59 bits per heavy atom. The molecule has 5 heteroatoms. The standard InChI is InChI=1S/C12H9ClF2OS/c13-8-3-4-17-12(8)11(16)6-7-1-2-9(14)10(15)5-7/h1-5,11,16H,6H2. The fraction of sp³-hybridized carbons (Fsp3) is 0.167. The van der Waals surface area contributed by atoms with Gasteiger partial charge in [0.15, 0.2) is 11.6 Å². The molecule has 1 nitrogen and oxygen atoms in total. The average molecular weight is 275 g/mol. The van der Waals surface area contributed by atoms with E-state index in [9.17, 15) is 13.9 Å². The summed E-state index contributed by atoms with van der Waals surface area (Å²) >= 11 is 7.21. The van der Waals surface area contributed by atoms with Gasteiger partial charge in [0, 0.05) is 6.42 Å². The topological polar surface area (TPSA) is 20.2 Å². The summed E-state index contributed by atoms with van der Waals surface area (Å²) in [6.07, 6.45) is -0.593. The van der Waals surface area contributed by atoms with Crippen molar-refractivity contribution < 1.29 is 13.9 Å². The van der Waals surface area contributed by atoms with Crippen LogP contribution in [0.5, 0.6) is 0 Å². The van der Waals surface area contributed by atoms with Crippen molar-refractivity contribution in [3.63, 3.8) is 0 Å². The van der Waals surface area contributed by atoms with E-state index in [-0.39, 0.29) is 6.42 Å². The zero-order valence-corrected chi connectivity index (χ0v) is 10.2. The molecule has 2 aromatic rings. The number of thiophene rings is 1. The van der Waals surface area contributed by atoms with Crippen LogP contribution in [0.1, 0.15) is 16.5 Å². The molecule has 0 fully saturated rings. The lowest BCUT2D eigenvalue weighted by Crippen LogP contribution is -2.01. The molecule has 0 bridgehead atoms. The van der Waals surface area contributed by atoms with Gasteiger partial charge in [-0.25, -0.2) is 8.78 Å². The quantitative estimate of drug-likeness (QED) is 0.898. The first-order valence-corrected chi connectivity index (χ1v) is 6.18. The van der Waals surface area contributed by atoms with Gasteiger partial charge in [0.2, 0.25) is 0 Å². The molecule has 0 aliphatic heterocycles. The maximum absolute atomic E-state index is 13.0. The SMILES string of the molecule is OC(Cc1ccc(F)c(F)c1)c1sccc1Cl. The highest BCUT2D eigenvalue weighted by atomic mass is 35.5. The Kier molecular flexibility index (Phi) is 3.76. The number of aliphatic hydroxyl groups excluding tert-OH is 1. The number of benzene rings is 1. The summed E-state index contributed by atoms with van der Waals surface area (Å²) in [7, 11) is 0. The molecule has 0 saturated carbocycles. The van der Waals surface area contributed by atoms with E-state index < -0.39 is 17.7 Å². The van der Waals surface area contributed by atoms with Crippen LogP contribution in [0.15, 0.2) is 29.6 Å². The third-order valence-corrected chi connectivity index (χ3v) is 3.82. The van der Waals surface area contributed by atoms with Gasteiger partial charge in [-0.3, -0.25) is 0 Å². The van der Waals surface area contributed by atoms with E-state index in [1.165, 1.54) is 17.4 Å². The molecular formula is C12H9ClF2OS. The normalized spacial score (nSPS) is 12.7. The molecule has 0 saturated heterocycles. The number of rotatable bonds is 3. The van der Waals surface area contributed by atoms with E-state index in [1.807, 2.05) is 0 Å². The third-order valence-electron chi connectivity index (χ3n) is 2.36. The molecule has 0 aliphatic carbocycles. The second-order valence-corrected chi connectivity index (χ2v) is 4.96. The van der Waals surface area contributed by atoms with Crippen molar-refractivity contribution >= 4 is 22.9 Å². The summed E-state index contributed by atoms with van der Waals surface area (Å²) < 4.78 is 25.7. The molecule has 0 amide bonds. The van der Waals surface area contributed by atoms with Gasteiger partial charge < -0.3 is 5.11 Å². The Labute approximate surface area is 106 Å². The second-order valence-electron chi connectivity index (χ2n) is 3.60. The van der Waals surface area contributed by atoms with Gasteiger partial charge in [0.25, 0.3) is 0 Å². The highest BCUT2D eigenvalue weighted by Gasteiger charge is 2.14. The van der Waals surface area contributed by atoms with Crippen LogP contribution in [0.3, 0.4) is 0 Å². The molecule has 0 spiro atoms. The number of aliphatic hydroxyl groups is 1. The van der Waals surface area contributed by atoms with E-state index in [0.29, 0.717) is 15.5 Å². The largest absolute Gasteiger partial charge is 0.387 e. The van der Waals surface area contributed by atoms with Crippen molar-refractivity contribution in [1.82, 2.24) is 0 Å². The number of halogens is 3. The summed E-state index contributed by atoms with van der Waals surface area (Å²) in [5.74, 6) is -1.80. The van der Waals surface area contributed by atoms with Crippen LogP contribution in [0.2, 0.25) is 5.02 Å². The van der Waals surface area contributed by atoms with Crippen molar-refractivity contribution in [3.8, 4) is 0 Å². The zero-order chi connectivity index (χ0) is 12.4. The smallest absolute Gasteiger partial charge is 0.159 e. The molecule has 1 heterocycles. The lowest BCUT2D eigenvalue weighted by molar-refractivity contribution is 0.182. The molecule has 1 atom stereocenters. The Hall–Kier alpha value is -0.970. The monoisotopic (exact) mass is 274 g/mol. The van der Waals surface area contributed by atoms with Crippen LogP contribution in [0.4, 0.5) is 8.78 Å². The molecule has 17 heavy (non-hydrogen) atoms. The van der Waals surface area contributed by atoms with E-state index in [1.54, 1.807) is 11.4 Å². The molecule has 2 rings (SSSR count). The summed E-state index contributed by atoms with van der Waals surface area (Å²) in [5, 5.41) is 12.2. The fourth-order valence-electron chi connectivity index (χ4n) is 1.53. The summed E-state index contributed by atoms with van der Waals surface area (Å²) in [6.45, 7) is 0. The minimum absolute atomic E-state index is 0.206. The fourth-order valence-corrected chi connectivity index (χ4v) is 2.69. The molecule has 0 radical (unpaired) electrons. The second kappa shape index (κ2) is 5.12. The first-order chi connectivity index (χ1) is 8.08. The van der Waals surface area contributed by atoms with Gasteiger partial charge >= 0.3 is 0 Å². The highest BCUT2D eigenvalue weighted by molar-refractivity contribution is 7.10. The Morgan fingerprint density at radius 1 is 1.24 bits per heavy atom. The van der Waals surface area contributed by atoms with Crippen LogP contribution in [0, 0.1) is 11.6 Å². The van der Waals surface area contributed by atoms with Gasteiger partial charge in [-0.2, -0.15) is 0 Å². The molecule has 90 valence electrons. The van der Waals surface area contributed by atoms with Gasteiger partial charge in [0.05, 0.1) is 16.0 Å². The van der Waals surface area contributed by atoms with Crippen LogP contribution in [-0.2, 0) is 6.42 Å². The molecule has 1 N–H and O–H groups in total. The van der Waals surface area contributed by atoms with Gasteiger partial charge in [-0.15, -0.1) is 11.3 Å². The van der Waals surface area contributed by atoms with Crippen LogP contribution >= 0.6 is 22.9 Å². The van der Waals surface area contributed by atoms with Crippen molar-refractivity contribution in [2.24, 2.45) is 0 Å². The maximum Gasteiger partial charge on any atom is 0.159 e. The maximum atomic E-state index is 13.0. The van der Waals surface area contributed by atoms with Crippen LogP contribution in [0.25, 0.3) is 0 Å².